The molecule has 110 valence electrons. The van der Waals surface area contributed by atoms with E-state index in [1.807, 2.05) is 18.2 Å². The minimum absolute atomic E-state index is 0.0323. The van der Waals surface area contributed by atoms with Gasteiger partial charge in [-0.25, -0.2) is 0 Å². The quantitative estimate of drug-likeness (QED) is 0.687. The molecular weight excluding hydrogens is 302 g/mol. The highest BCUT2D eigenvalue weighted by Gasteiger charge is 2.14. The Labute approximate surface area is 130 Å². The van der Waals surface area contributed by atoms with Crippen LogP contribution in [0.3, 0.4) is 0 Å². The molecule has 22 heavy (non-hydrogen) atoms. The smallest absolute Gasteiger partial charge is 0.287 e. The van der Waals surface area contributed by atoms with E-state index in [1.165, 1.54) is 30.8 Å². The Morgan fingerprint density at radius 3 is 2.41 bits per heavy atom. The first kappa shape index (κ1) is 15.5. The van der Waals surface area contributed by atoms with E-state index in [-0.39, 0.29) is 17.2 Å². The Hall–Kier alpha value is -2.85. The van der Waals surface area contributed by atoms with Crippen LogP contribution in [-0.4, -0.2) is 10.8 Å². The summed E-state index contributed by atoms with van der Waals surface area (Å²) in [5.41, 5.74) is 0.524. The molecule has 1 amide bonds. The van der Waals surface area contributed by atoms with Crippen LogP contribution in [0.2, 0.25) is 0 Å². The van der Waals surface area contributed by atoms with Gasteiger partial charge in [-0.3, -0.25) is 14.9 Å². The molecule has 0 aliphatic rings. The number of nitrogens with zero attached hydrogens (tertiary/aromatic N) is 2. The van der Waals surface area contributed by atoms with Gasteiger partial charge in [-0.2, -0.15) is 5.26 Å². The predicted octanol–water partition coefficient (Wildman–Crippen LogP) is 3.58. The van der Waals surface area contributed by atoms with Crippen molar-refractivity contribution in [2.45, 2.75) is 16.7 Å². The normalized spacial score (nSPS) is 9.82. The number of nitriles is 1. The molecule has 0 bridgehead atoms. The van der Waals surface area contributed by atoms with Crippen LogP contribution in [0.4, 0.5) is 11.4 Å². The second-order valence-corrected chi connectivity index (χ2v) is 5.50. The highest BCUT2D eigenvalue weighted by Crippen LogP contribution is 2.31. The second kappa shape index (κ2) is 6.74. The zero-order chi connectivity index (χ0) is 16.1. The average Bonchev–Trinajstić information content (AvgIpc) is 2.48. The van der Waals surface area contributed by atoms with E-state index in [0.29, 0.717) is 5.69 Å². The summed E-state index contributed by atoms with van der Waals surface area (Å²) in [6.45, 7) is 1.43. The Balaban J connectivity index is 2.19. The highest BCUT2D eigenvalue weighted by atomic mass is 32.2. The molecule has 0 fully saturated rings. The zero-order valence-electron chi connectivity index (χ0n) is 11.6. The van der Waals surface area contributed by atoms with Gasteiger partial charge in [0, 0.05) is 28.5 Å². The molecule has 0 heterocycles. The first-order chi connectivity index (χ1) is 10.5. The standard InChI is InChI=1S/C15H11N3O3S/c1-10(19)17-12-2-4-13(5-3-12)22-14-6-7-15(18(20)21)11(8-14)9-16/h2-8H,1H3,(H,17,19). The molecule has 6 nitrogen and oxygen atoms in total. The molecule has 2 rings (SSSR count). The van der Waals surface area contributed by atoms with Gasteiger partial charge in [0.1, 0.15) is 11.6 Å². The van der Waals surface area contributed by atoms with Crippen LogP contribution in [0.25, 0.3) is 0 Å². The molecule has 0 radical (unpaired) electrons. The van der Waals surface area contributed by atoms with Gasteiger partial charge in [0.05, 0.1) is 4.92 Å². The number of hydrogen-bond acceptors (Lipinski definition) is 5. The predicted molar refractivity (Wildman–Crippen MR) is 82.7 cm³/mol. The first-order valence-corrected chi connectivity index (χ1v) is 7.05. The van der Waals surface area contributed by atoms with Gasteiger partial charge in [-0.1, -0.05) is 11.8 Å². The summed E-state index contributed by atoms with van der Waals surface area (Å²) in [5, 5.41) is 22.4. The Morgan fingerprint density at radius 2 is 1.86 bits per heavy atom. The summed E-state index contributed by atoms with van der Waals surface area (Å²) in [6, 6.07) is 13.4. The monoisotopic (exact) mass is 313 g/mol. The van der Waals surface area contributed by atoms with Gasteiger partial charge < -0.3 is 5.32 Å². The van der Waals surface area contributed by atoms with Crippen molar-refractivity contribution in [3.8, 4) is 6.07 Å². The minimum Gasteiger partial charge on any atom is -0.326 e. The molecule has 0 saturated carbocycles. The van der Waals surface area contributed by atoms with E-state index in [9.17, 15) is 14.9 Å². The minimum atomic E-state index is -0.574. The lowest BCUT2D eigenvalue weighted by Gasteiger charge is -2.05. The van der Waals surface area contributed by atoms with E-state index in [4.69, 9.17) is 5.26 Å². The number of carbonyl (C=O) groups excluding carboxylic acids is 1. The molecular formula is C15H11N3O3S. The Morgan fingerprint density at radius 1 is 1.23 bits per heavy atom. The van der Waals surface area contributed by atoms with Gasteiger partial charge in [0.15, 0.2) is 0 Å². The lowest BCUT2D eigenvalue weighted by molar-refractivity contribution is -0.385. The molecule has 1 N–H and O–H groups in total. The number of benzene rings is 2. The van der Waals surface area contributed by atoms with Gasteiger partial charge >= 0.3 is 0 Å². The van der Waals surface area contributed by atoms with Crippen LogP contribution < -0.4 is 5.32 Å². The van der Waals surface area contributed by atoms with Crippen molar-refractivity contribution < 1.29 is 9.72 Å². The van der Waals surface area contributed by atoms with E-state index in [1.54, 1.807) is 18.2 Å². The molecule has 2 aromatic rings. The molecule has 0 saturated heterocycles. The fourth-order valence-corrected chi connectivity index (χ4v) is 2.63. The van der Waals surface area contributed by atoms with Crippen LogP contribution >= 0.6 is 11.8 Å². The van der Waals surface area contributed by atoms with E-state index in [2.05, 4.69) is 5.32 Å². The highest BCUT2D eigenvalue weighted by molar-refractivity contribution is 7.99. The summed E-state index contributed by atoms with van der Waals surface area (Å²) < 4.78 is 0. The zero-order valence-corrected chi connectivity index (χ0v) is 12.4. The molecule has 0 aliphatic carbocycles. The van der Waals surface area contributed by atoms with Crippen LogP contribution in [0, 0.1) is 21.4 Å². The maximum absolute atomic E-state index is 10.9. The summed E-state index contributed by atoms with van der Waals surface area (Å²) >= 11 is 1.38. The van der Waals surface area contributed by atoms with Crippen molar-refractivity contribution in [2.24, 2.45) is 0 Å². The summed E-state index contributed by atoms with van der Waals surface area (Å²) in [4.78, 5) is 22.8. The fraction of sp³-hybridized carbons (Fsp3) is 0.0667. The van der Waals surface area contributed by atoms with Crippen LogP contribution in [0.5, 0.6) is 0 Å². The van der Waals surface area contributed by atoms with Gasteiger partial charge in [0.2, 0.25) is 5.91 Å². The number of hydrogen-bond donors (Lipinski definition) is 1. The number of nitro benzene ring substituents is 1. The second-order valence-electron chi connectivity index (χ2n) is 4.36. The topological polar surface area (TPSA) is 96.0 Å². The Kier molecular flexibility index (Phi) is 4.76. The maximum atomic E-state index is 10.9. The van der Waals surface area contributed by atoms with E-state index >= 15 is 0 Å². The summed E-state index contributed by atoms with van der Waals surface area (Å²) in [6.07, 6.45) is 0. The lowest BCUT2D eigenvalue weighted by atomic mass is 10.2. The van der Waals surface area contributed by atoms with E-state index < -0.39 is 4.92 Å². The number of carbonyl (C=O) groups is 1. The van der Waals surface area contributed by atoms with Gasteiger partial charge in [0.25, 0.3) is 5.69 Å². The molecule has 0 atom stereocenters. The summed E-state index contributed by atoms with van der Waals surface area (Å²) in [5.74, 6) is -0.144. The molecule has 7 heteroatoms. The van der Waals surface area contributed by atoms with Crippen molar-refractivity contribution in [1.29, 1.82) is 5.26 Å². The molecule has 0 spiro atoms. The largest absolute Gasteiger partial charge is 0.326 e. The van der Waals surface area contributed by atoms with Crippen molar-refractivity contribution in [3.05, 3.63) is 58.1 Å². The van der Waals surface area contributed by atoms with Gasteiger partial charge in [-0.05, 0) is 36.4 Å². The third-order valence-corrected chi connectivity index (χ3v) is 3.69. The van der Waals surface area contributed by atoms with Crippen molar-refractivity contribution in [1.82, 2.24) is 0 Å². The first-order valence-electron chi connectivity index (χ1n) is 6.23. The number of rotatable bonds is 4. The number of nitrogens with one attached hydrogen (secondary N) is 1. The van der Waals surface area contributed by atoms with Crippen LogP contribution in [0.1, 0.15) is 12.5 Å². The van der Waals surface area contributed by atoms with Gasteiger partial charge in [-0.15, -0.1) is 0 Å². The number of anilines is 1. The van der Waals surface area contributed by atoms with Crippen molar-refractivity contribution in [2.75, 3.05) is 5.32 Å². The molecule has 0 aliphatic heterocycles. The maximum Gasteiger partial charge on any atom is 0.287 e. The number of amides is 1. The fourth-order valence-electron chi connectivity index (χ4n) is 1.77. The number of nitro groups is 1. The van der Waals surface area contributed by atoms with Crippen molar-refractivity contribution in [3.63, 3.8) is 0 Å². The molecule has 2 aromatic carbocycles. The summed E-state index contributed by atoms with van der Waals surface area (Å²) in [7, 11) is 0. The SMILES string of the molecule is CC(=O)Nc1ccc(Sc2ccc([N+](=O)[O-])c(C#N)c2)cc1. The van der Waals surface area contributed by atoms with E-state index in [0.717, 1.165) is 9.79 Å². The Bertz CT molecular complexity index is 767. The molecule has 0 unspecified atom stereocenters. The third-order valence-electron chi connectivity index (χ3n) is 2.70. The van der Waals surface area contributed by atoms with Crippen LogP contribution in [0.15, 0.2) is 52.3 Å². The molecule has 0 aromatic heterocycles. The van der Waals surface area contributed by atoms with Crippen molar-refractivity contribution >= 4 is 29.0 Å². The third kappa shape index (κ3) is 3.84. The lowest BCUT2D eigenvalue weighted by Crippen LogP contribution is -2.05. The van der Waals surface area contributed by atoms with Crippen LogP contribution in [-0.2, 0) is 4.79 Å². The average molecular weight is 313 g/mol.